The van der Waals surface area contributed by atoms with E-state index in [0.29, 0.717) is 48.7 Å². The van der Waals surface area contributed by atoms with Crippen molar-refractivity contribution in [3.8, 4) is 11.5 Å². The lowest BCUT2D eigenvalue weighted by molar-refractivity contribution is -0.144. The molecular formula is C42H61N5O5. The highest BCUT2D eigenvalue weighted by molar-refractivity contribution is 6.22. The maximum absolute atomic E-state index is 15.2. The molecule has 1 aliphatic rings. The summed E-state index contributed by atoms with van der Waals surface area (Å²) in [5.74, 6) is -0.516. The second-order valence-electron chi connectivity index (χ2n) is 14.3. The predicted octanol–water partition coefficient (Wildman–Crippen LogP) is 9.06. The van der Waals surface area contributed by atoms with E-state index in [1.807, 2.05) is 45.2 Å². The molecule has 1 saturated carbocycles. The number of methoxy groups -OCH3 is 1. The fourth-order valence-electron chi connectivity index (χ4n) is 7.11. The minimum Gasteiger partial charge on any atom is -0.495 e. The van der Waals surface area contributed by atoms with Gasteiger partial charge in [-0.25, -0.2) is 4.98 Å². The van der Waals surface area contributed by atoms with Gasteiger partial charge in [0.25, 0.3) is 11.6 Å². The molecule has 1 unspecified atom stereocenters. The molecule has 2 aromatic carbocycles. The summed E-state index contributed by atoms with van der Waals surface area (Å²) < 4.78 is 13.3. The van der Waals surface area contributed by atoms with E-state index in [9.17, 15) is 4.79 Å². The summed E-state index contributed by atoms with van der Waals surface area (Å²) >= 11 is 0. The Morgan fingerprint density at radius 1 is 0.942 bits per heavy atom. The number of nitrogens with one attached hydrogen (secondary N) is 1. The summed E-state index contributed by atoms with van der Waals surface area (Å²) in [7, 11) is 3.52. The Morgan fingerprint density at radius 3 is 2.15 bits per heavy atom. The molecule has 52 heavy (non-hydrogen) atoms. The van der Waals surface area contributed by atoms with Gasteiger partial charge in [-0.2, -0.15) is 0 Å². The molecule has 0 aliphatic heterocycles. The fraction of sp³-hybridized carbons (Fsp3) is 0.571. The van der Waals surface area contributed by atoms with Gasteiger partial charge in [0.1, 0.15) is 11.5 Å². The van der Waals surface area contributed by atoms with Crippen molar-refractivity contribution in [3.05, 3.63) is 60.7 Å². The van der Waals surface area contributed by atoms with Crippen molar-refractivity contribution >= 4 is 34.7 Å². The van der Waals surface area contributed by atoms with Gasteiger partial charge < -0.3 is 19.7 Å². The first-order chi connectivity index (χ1) is 25.1. The molecule has 1 aliphatic carbocycles. The summed E-state index contributed by atoms with van der Waals surface area (Å²) in [6.45, 7) is 10.9. The predicted molar refractivity (Wildman–Crippen MR) is 209 cm³/mol. The second kappa shape index (κ2) is 18.9. The number of ketones is 1. The van der Waals surface area contributed by atoms with Crippen molar-refractivity contribution in [3.63, 3.8) is 0 Å². The molecular weight excluding hydrogens is 654 g/mol. The van der Waals surface area contributed by atoms with Gasteiger partial charge in [0, 0.05) is 50.1 Å². The molecule has 1 fully saturated rings. The highest BCUT2D eigenvalue weighted by Gasteiger charge is 2.64. The maximum atomic E-state index is 15.2. The lowest BCUT2D eigenvalue weighted by atomic mass is 9.84. The zero-order chi connectivity index (χ0) is 37.7. The molecule has 0 spiro atoms. The molecule has 1 N–H and O–H groups in total. The maximum Gasteiger partial charge on any atom is 0.280 e. The first-order valence-electron chi connectivity index (χ1n) is 19.4. The average Bonchev–Trinajstić information content (AvgIpc) is 3.76. The van der Waals surface area contributed by atoms with Crippen molar-refractivity contribution in [2.75, 3.05) is 42.4 Å². The van der Waals surface area contributed by atoms with E-state index in [1.165, 1.54) is 87.4 Å². The van der Waals surface area contributed by atoms with E-state index in [0.717, 1.165) is 30.6 Å². The Labute approximate surface area is 311 Å². The van der Waals surface area contributed by atoms with E-state index in [2.05, 4.69) is 29.0 Å². The number of Topliss-reactive ketones (excluding diaryl/α,β-unsaturated/α-hetero) is 1. The third kappa shape index (κ3) is 9.17. The number of hydrogen-bond donors (Lipinski definition) is 1. The van der Waals surface area contributed by atoms with Crippen LogP contribution in [0.4, 0.5) is 17.1 Å². The van der Waals surface area contributed by atoms with Gasteiger partial charge in [0.2, 0.25) is 5.91 Å². The summed E-state index contributed by atoms with van der Waals surface area (Å²) in [6.07, 6.45) is 18.7. The number of aromatic nitrogens is 2. The largest absolute Gasteiger partial charge is 0.495 e. The standard InChI is InChI=1S/C42H61N5O5/c1-8-11-12-13-14-15-16-17-18-19-28-52-35-21-23-38(51-7)36(30-35)44-40(50)42(46-27-26-43-31-46,39(49)41(9-2)24-25-41)47(33(5)48)37-22-20-34(29-32(37)4)45(6)10-3/h20-23,26-27,29-31H,8-19,24-25,28H2,1-7H3,(H,44,50). The topological polar surface area (TPSA) is 106 Å². The summed E-state index contributed by atoms with van der Waals surface area (Å²) in [6, 6.07) is 11.0. The van der Waals surface area contributed by atoms with Crippen molar-refractivity contribution in [2.24, 2.45) is 5.41 Å². The average molecular weight is 716 g/mol. The van der Waals surface area contributed by atoms with Gasteiger partial charge in [-0.15, -0.1) is 0 Å². The number of carbonyl (C=O) groups is 3. The van der Waals surface area contributed by atoms with Crippen LogP contribution in [0.2, 0.25) is 0 Å². The fourth-order valence-corrected chi connectivity index (χ4v) is 7.11. The number of rotatable bonds is 23. The zero-order valence-corrected chi connectivity index (χ0v) is 32.6. The molecule has 0 saturated heterocycles. The normalized spacial score (nSPS) is 14.3. The molecule has 3 aromatic rings. The Morgan fingerprint density at radius 2 is 1.62 bits per heavy atom. The van der Waals surface area contributed by atoms with E-state index in [4.69, 9.17) is 9.47 Å². The molecule has 284 valence electrons. The molecule has 1 atom stereocenters. The highest BCUT2D eigenvalue weighted by atomic mass is 16.5. The van der Waals surface area contributed by atoms with E-state index in [-0.39, 0.29) is 5.78 Å². The zero-order valence-electron chi connectivity index (χ0n) is 32.6. The molecule has 4 rings (SSSR count). The van der Waals surface area contributed by atoms with Gasteiger partial charge in [0.05, 0.1) is 31.4 Å². The third-order valence-electron chi connectivity index (χ3n) is 10.7. The van der Waals surface area contributed by atoms with Crippen LogP contribution in [-0.2, 0) is 20.0 Å². The number of imidazole rings is 1. The van der Waals surface area contributed by atoms with Crippen LogP contribution in [0.25, 0.3) is 0 Å². The number of nitrogens with zero attached hydrogens (tertiary/aromatic N) is 4. The first-order valence-corrected chi connectivity index (χ1v) is 19.4. The number of hydrogen-bond acceptors (Lipinski definition) is 7. The van der Waals surface area contributed by atoms with Crippen LogP contribution in [0.3, 0.4) is 0 Å². The van der Waals surface area contributed by atoms with Crippen molar-refractivity contribution in [1.82, 2.24) is 9.55 Å². The van der Waals surface area contributed by atoms with Gasteiger partial charge in [-0.1, -0.05) is 71.6 Å². The number of ether oxygens (including phenoxy) is 2. The lowest BCUT2D eigenvalue weighted by Gasteiger charge is -2.44. The number of aryl methyl sites for hydroxylation is 1. The number of anilines is 3. The lowest BCUT2D eigenvalue weighted by Crippen LogP contribution is -2.66. The van der Waals surface area contributed by atoms with E-state index in [1.54, 1.807) is 18.3 Å². The van der Waals surface area contributed by atoms with Gasteiger partial charge in [-0.05, 0) is 75.4 Å². The van der Waals surface area contributed by atoms with Crippen molar-refractivity contribution < 1.29 is 23.9 Å². The van der Waals surface area contributed by atoms with Crippen molar-refractivity contribution in [2.45, 2.75) is 124 Å². The van der Waals surface area contributed by atoms with Crippen LogP contribution < -0.4 is 24.6 Å². The summed E-state index contributed by atoms with van der Waals surface area (Å²) in [4.78, 5) is 52.0. The SMILES string of the molecule is CCCCCCCCCCCCOc1ccc(OC)c(NC(=O)C(C(=O)C2(CC)CC2)(N(C(C)=O)c2ccc(N(C)CC)cc2C)n2ccnc2)c1. The second-order valence-corrected chi connectivity index (χ2v) is 14.3. The molecule has 1 heterocycles. The number of carbonyl (C=O) groups excluding carboxylic acids is 3. The molecule has 2 amide bonds. The first kappa shape index (κ1) is 40.4. The minimum atomic E-state index is -2.13. The smallest absolute Gasteiger partial charge is 0.280 e. The third-order valence-corrected chi connectivity index (χ3v) is 10.7. The van der Waals surface area contributed by atoms with Crippen LogP contribution in [-0.4, -0.2) is 54.5 Å². The Hall–Kier alpha value is -4.34. The van der Waals surface area contributed by atoms with Crippen LogP contribution in [0.1, 0.15) is 117 Å². The van der Waals surface area contributed by atoms with Gasteiger partial charge >= 0.3 is 0 Å². The molecule has 0 bridgehead atoms. The Balaban J connectivity index is 1.65. The number of amides is 2. The van der Waals surface area contributed by atoms with E-state index >= 15 is 9.59 Å². The quantitative estimate of drug-likeness (QED) is 0.0772. The monoisotopic (exact) mass is 715 g/mol. The Bertz CT molecular complexity index is 1620. The molecule has 10 nitrogen and oxygen atoms in total. The molecule has 1 aromatic heterocycles. The van der Waals surface area contributed by atoms with Crippen LogP contribution >= 0.6 is 0 Å². The van der Waals surface area contributed by atoms with Crippen LogP contribution in [0.15, 0.2) is 55.1 Å². The van der Waals surface area contributed by atoms with Crippen molar-refractivity contribution in [1.29, 1.82) is 0 Å². The number of unbranched alkanes of at least 4 members (excludes halogenated alkanes) is 9. The molecule has 10 heteroatoms. The minimum absolute atomic E-state index is 0.340. The summed E-state index contributed by atoms with van der Waals surface area (Å²) in [5.41, 5.74) is -0.384. The highest BCUT2D eigenvalue weighted by Crippen LogP contribution is 2.54. The Kier molecular flexibility index (Phi) is 14.7. The summed E-state index contributed by atoms with van der Waals surface area (Å²) in [5, 5.41) is 3.03. The van der Waals surface area contributed by atoms with Crippen LogP contribution in [0.5, 0.6) is 11.5 Å². The molecule has 0 radical (unpaired) electrons. The van der Waals surface area contributed by atoms with Crippen LogP contribution in [0, 0.1) is 12.3 Å². The van der Waals surface area contributed by atoms with Gasteiger partial charge in [0.15, 0.2) is 5.78 Å². The van der Waals surface area contributed by atoms with Gasteiger partial charge in [-0.3, -0.25) is 23.9 Å². The number of benzene rings is 2. The van der Waals surface area contributed by atoms with E-state index < -0.39 is 22.9 Å².